The number of pyridine rings is 1. The van der Waals surface area contributed by atoms with Crippen molar-refractivity contribution in [3.8, 4) is 39.6 Å². The zero-order valence-electron chi connectivity index (χ0n) is 23.1. The van der Waals surface area contributed by atoms with Crippen LogP contribution in [0, 0.1) is 23.9 Å². The molecular weight excluding hydrogens is 690 g/mol. The number of hydrogen-bond donors (Lipinski definition) is 0. The maximum absolute atomic E-state index is 12.6. The molecular formula is C34H30FIrN5-2. The number of halogens is 1. The van der Waals surface area contributed by atoms with Crippen LogP contribution in [0.3, 0.4) is 0 Å². The zero-order chi connectivity index (χ0) is 27.9. The topological polar surface area (TPSA) is 48.5 Å². The SMILES string of the molecule is CC(C)Cc1ccccc1-n1ccnc1-c1[c-]ccc(-c2ccncc2)c1.Cn1ccnc1-c1[c-]cc(F)cc1.[Ir]. The first-order chi connectivity index (χ1) is 19.5. The first-order valence-electron chi connectivity index (χ1n) is 13.2. The Kier molecular flexibility index (Phi) is 10.1. The van der Waals surface area contributed by atoms with E-state index in [2.05, 4.69) is 81.9 Å². The molecule has 0 aliphatic carbocycles. The van der Waals surface area contributed by atoms with Gasteiger partial charge in [-0.25, -0.2) is 0 Å². The quantitative estimate of drug-likeness (QED) is 0.167. The summed E-state index contributed by atoms with van der Waals surface area (Å²) < 4.78 is 16.6. The van der Waals surface area contributed by atoms with Crippen LogP contribution in [-0.2, 0) is 33.6 Å². The summed E-state index contributed by atoms with van der Waals surface area (Å²) in [5.41, 5.74) is 6.57. The van der Waals surface area contributed by atoms with Crippen molar-refractivity contribution in [2.75, 3.05) is 0 Å². The molecule has 209 valence electrons. The van der Waals surface area contributed by atoms with Crippen LogP contribution in [0.2, 0.25) is 0 Å². The fourth-order valence-electron chi connectivity index (χ4n) is 4.55. The third kappa shape index (κ3) is 7.31. The van der Waals surface area contributed by atoms with E-state index in [0.717, 1.165) is 40.3 Å². The Labute approximate surface area is 254 Å². The summed E-state index contributed by atoms with van der Waals surface area (Å²) in [6.07, 6.45) is 12.1. The van der Waals surface area contributed by atoms with Crippen LogP contribution in [0.4, 0.5) is 4.39 Å². The molecule has 3 heterocycles. The molecule has 0 amide bonds. The van der Waals surface area contributed by atoms with E-state index in [4.69, 9.17) is 0 Å². The molecule has 0 spiro atoms. The van der Waals surface area contributed by atoms with Crippen LogP contribution in [0.15, 0.2) is 110 Å². The van der Waals surface area contributed by atoms with E-state index in [1.54, 1.807) is 12.3 Å². The molecule has 6 aromatic rings. The molecule has 41 heavy (non-hydrogen) atoms. The van der Waals surface area contributed by atoms with Crippen molar-refractivity contribution < 1.29 is 24.5 Å². The number of imidazole rings is 2. The predicted molar refractivity (Wildman–Crippen MR) is 157 cm³/mol. The molecule has 0 atom stereocenters. The summed E-state index contributed by atoms with van der Waals surface area (Å²) in [6, 6.07) is 29.3. The van der Waals surface area contributed by atoms with Crippen LogP contribution < -0.4 is 0 Å². The van der Waals surface area contributed by atoms with Crippen LogP contribution >= 0.6 is 0 Å². The van der Waals surface area contributed by atoms with E-state index >= 15 is 0 Å². The van der Waals surface area contributed by atoms with Crippen LogP contribution in [0.1, 0.15) is 19.4 Å². The van der Waals surface area contributed by atoms with Gasteiger partial charge in [-0.05, 0) is 41.7 Å². The van der Waals surface area contributed by atoms with Gasteiger partial charge >= 0.3 is 0 Å². The van der Waals surface area contributed by atoms with Crippen molar-refractivity contribution >= 4 is 0 Å². The fraction of sp³-hybridized carbons (Fsp3) is 0.147. The molecule has 0 aliphatic rings. The smallest absolute Gasteiger partial charge is 0.0603 e. The number of rotatable bonds is 6. The molecule has 0 fully saturated rings. The van der Waals surface area contributed by atoms with E-state index in [0.29, 0.717) is 5.92 Å². The zero-order valence-corrected chi connectivity index (χ0v) is 25.5. The number of para-hydroxylation sites is 1. The van der Waals surface area contributed by atoms with Crippen LogP contribution in [-0.4, -0.2) is 24.1 Å². The Morgan fingerprint density at radius 3 is 2.27 bits per heavy atom. The molecule has 0 unspecified atom stereocenters. The summed E-state index contributed by atoms with van der Waals surface area (Å²) in [7, 11) is 1.89. The van der Waals surface area contributed by atoms with E-state index in [9.17, 15) is 4.39 Å². The maximum atomic E-state index is 12.6. The van der Waals surface area contributed by atoms with Gasteiger partial charge in [0.15, 0.2) is 0 Å². The first kappa shape index (κ1) is 29.8. The van der Waals surface area contributed by atoms with Gasteiger partial charge in [0.25, 0.3) is 0 Å². The second-order valence-electron chi connectivity index (χ2n) is 9.86. The maximum Gasteiger partial charge on any atom is 0.0603 e. The van der Waals surface area contributed by atoms with E-state index in [1.807, 2.05) is 60.8 Å². The van der Waals surface area contributed by atoms with E-state index < -0.39 is 0 Å². The van der Waals surface area contributed by atoms with E-state index in [1.165, 1.54) is 23.4 Å². The molecule has 0 N–H and O–H groups in total. The van der Waals surface area contributed by atoms with Gasteiger partial charge in [-0.1, -0.05) is 32.0 Å². The number of hydrogen-bond acceptors (Lipinski definition) is 3. The third-order valence-corrected chi connectivity index (χ3v) is 6.41. The summed E-state index contributed by atoms with van der Waals surface area (Å²) in [4.78, 5) is 12.9. The second-order valence-corrected chi connectivity index (χ2v) is 9.86. The Morgan fingerprint density at radius 2 is 1.56 bits per heavy atom. The molecule has 0 saturated heterocycles. The molecule has 3 aromatic carbocycles. The Balaban J connectivity index is 0.000000233. The number of nitrogens with zero attached hydrogens (tertiary/aromatic N) is 5. The van der Waals surface area contributed by atoms with Gasteiger partial charge in [0.05, 0.1) is 11.6 Å². The molecule has 0 saturated carbocycles. The van der Waals surface area contributed by atoms with Crippen molar-refractivity contribution in [3.63, 3.8) is 0 Å². The van der Waals surface area contributed by atoms with E-state index in [-0.39, 0.29) is 25.9 Å². The number of benzene rings is 3. The molecule has 3 aromatic heterocycles. The summed E-state index contributed by atoms with van der Waals surface area (Å²) in [5.74, 6) is 2.01. The number of aryl methyl sites for hydroxylation is 1. The minimum atomic E-state index is -0.280. The Hall–Kier alpha value is -4.19. The van der Waals surface area contributed by atoms with Gasteiger partial charge in [0.1, 0.15) is 0 Å². The Morgan fingerprint density at radius 1 is 0.805 bits per heavy atom. The minimum absolute atomic E-state index is 0. The van der Waals surface area contributed by atoms with Gasteiger partial charge in [-0.2, -0.15) is 0 Å². The summed E-state index contributed by atoms with van der Waals surface area (Å²) >= 11 is 0. The minimum Gasteiger partial charge on any atom is -0.373 e. The van der Waals surface area contributed by atoms with Gasteiger partial charge in [0, 0.05) is 75.8 Å². The van der Waals surface area contributed by atoms with Crippen molar-refractivity contribution in [3.05, 3.63) is 133 Å². The van der Waals surface area contributed by atoms with Gasteiger partial charge in [-0.15, -0.1) is 65.2 Å². The van der Waals surface area contributed by atoms with Crippen molar-refractivity contribution in [2.45, 2.75) is 20.3 Å². The Bertz CT molecular complexity index is 1670. The predicted octanol–water partition coefficient (Wildman–Crippen LogP) is 7.62. The average Bonchev–Trinajstić information content (AvgIpc) is 3.64. The van der Waals surface area contributed by atoms with Crippen LogP contribution in [0.5, 0.6) is 0 Å². The van der Waals surface area contributed by atoms with Gasteiger partial charge < -0.3 is 9.13 Å². The summed E-state index contributed by atoms with van der Waals surface area (Å²) in [5, 5.41) is 0. The van der Waals surface area contributed by atoms with Crippen molar-refractivity contribution in [1.82, 2.24) is 24.1 Å². The fourth-order valence-corrected chi connectivity index (χ4v) is 4.55. The molecule has 0 bridgehead atoms. The molecule has 0 aliphatic heterocycles. The molecule has 5 nitrogen and oxygen atoms in total. The number of aromatic nitrogens is 5. The van der Waals surface area contributed by atoms with Gasteiger partial charge in [-0.3, -0.25) is 19.3 Å². The third-order valence-electron chi connectivity index (χ3n) is 6.41. The standard InChI is InChI=1S/C24H22N3.C10H8FN2.Ir/c1-18(2)16-21-6-3-4-9-23(21)27-15-14-26-24(27)22-8-5-7-20(17-22)19-10-12-25-13-11-19;1-13-7-6-12-10(13)8-2-4-9(11)5-3-8;/h3-7,9-15,17-18H,16H2,1-2H3;2,4-7H,1H3;/q2*-1;. The van der Waals surface area contributed by atoms with Gasteiger partial charge in [0.2, 0.25) is 0 Å². The monoisotopic (exact) mass is 720 g/mol. The average molecular weight is 720 g/mol. The van der Waals surface area contributed by atoms with Crippen LogP contribution in [0.25, 0.3) is 39.6 Å². The summed E-state index contributed by atoms with van der Waals surface area (Å²) in [6.45, 7) is 4.50. The molecule has 7 heteroatoms. The molecule has 6 rings (SSSR count). The normalized spacial score (nSPS) is 10.6. The largest absolute Gasteiger partial charge is 0.373 e. The first-order valence-corrected chi connectivity index (χ1v) is 13.2. The van der Waals surface area contributed by atoms with Crippen molar-refractivity contribution in [1.29, 1.82) is 0 Å². The second kappa shape index (κ2) is 13.9. The molecule has 1 radical (unpaired) electrons. The van der Waals surface area contributed by atoms with Crippen molar-refractivity contribution in [2.24, 2.45) is 13.0 Å².